The van der Waals surface area contributed by atoms with Gasteiger partial charge in [0.15, 0.2) is 0 Å². The lowest BCUT2D eigenvalue weighted by Crippen LogP contribution is -2.04. The summed E-state index contributed by atoms with van der Waals surface area (Å²) in [6, 6.07) is 23.6. The Morgan fingerprint density at radius 1 is 0.867 bits per heavy atom. The van der Waals surface area contributed by atoms with Gasteiger partial charge in [0.2, 0.25) is 0 Å². The van der Waals surface area contributed by atoms with E-state index in [1.54, 1.807) is 12.3 Å². The van der Waals surface area contributed by atoms with E-state index in [4.69, 9.17) is 4.74 Å². The Bertz CT molecular complexity index is 1360. The van der Waals surface area contributed by atoms with E-state index in [2.05, 4.69) is 19.9 Å². The van der Waals surface area contributed by atoms with Crippen molar-refractivity contribution in [2.45, 2.75) is 6.61 Å². The summed E-state index contributed by atoms with van der Waals surface area (Å²) in [7, 11) is 0. The summed E-state index contributed by atoms with van der Waals surface area (Å²) in [6.45, 7) is 0.529. The van der Waals surface area contributed by atoms with Gasteiger partial charge in [-0.1, -0.05) is 30.3 Å². The molecule has 0 saturated carbocycles. The summed E-state index contributed by atoms with van der Waals surface area (Å²) in [5, 5.41) is 0.533. The van der Waals surface area contributed by atoms with Gasteiger partial charge in [0.05, 0.1) is 17.4 Å². The Labute approximate surface area is 172 Å². The van der Waals surface area contributed by atoms with Crippen LogP contribution < -0.4 is 10.3 Å². The highest BCUT2D eigenvalue weighted by atomic mass is 16.5. The van der Waals surface area contributed by atoms with Crippen LogP contribution in [0.3, 0.4) is 0 Å². The van der Waals surface area contributed by atoms with Crippen LogP contribution in [0.5, 0.6) is 5.75 Å². The second-order valence-corrected chi connectivity index (χ2v) is 6.91. The van der Waals surface area contributed by atoms with Crippen LogP contribution in [0.4, 0.5) is 0 Å². The van der Waals surface area contributed by atoms with Gasteiger partial charge in [0, 0.05) is 23.0 Å². The molecule has 2 N–H and O–H groups in total. The first-order valence-electron chi connectivity index (χ1n) is 9.56. The fraction of sp³-hybridized carbons (Fsp3) is 0.0417. The molecule has 0 radical (unpaired) electrons. The zero-order valence-electron chi connectivity index (χ0n) is 16.0. The maximum atomic E-state index is 11.9. The molecule has 6 nitrogen and oxygen atoms in total. The number of nitrogens with zero attached hydrogens (tertiary/aromatic N) is 2. The Morgan fingerprint density at radius 2 is 1.70 bits per heavy atom. The number of hydrogen-bond acceptors (Lipinski definition) is 4. The molecule has 146 valence electrons. The first kappa shape index (κ1) is 17.9. The van der Waals surface area contributed by atoms with Crippen LogP contribution in [-0.2, 0) is 6.61 Å². The molecule has 3 aromatic heterocycles. The Kier molecular flexibility index (Phi) is 4.57. The maximum absolute atomic E-state index is 11.9. The maximum Gasteiger partial charge on any atom is 0.260 e. The number of ether oxygens (including phenoxy) is 1. The number of H-pyrrole nitrogens is 2. The monoisotopic (exact) mass is 394 g/mol. The molecule has 0 atom stereocenters. The molecule has 5 rings (SSSR count). The number of pyridine rings is 1. The van der Waals surface area contributed by atoms with E-state index in [9.17, 15) is 4.79 Å². The number of aromatic nitrogens is 4. The summed E-state index contributed by atoms with van der Waals surface area (Å²) < 4.78 is 5.86. The van der Waals surface area contributed by atoms with E-state index in [1.807, 2.05) is 66.7 Å². The molecular weight excluding hydrogens is 376 g/mol. The van der Waals surface area contributed by atoms with E-state index < -0.39 is 0 Å². The van der Waals surface area contributed by atoms with Crippen LogP contribution in [0.1, 0.15) is 5.56 Å². The van der Waals surface area contributed by atoms with Gasteiger partial charge in [0.1, 0.15) is 18.0 Å². The minimum Gasteiger partial charge on any atom is -0.489 e. The van der Waals surface area contributed by atoms with Crippen molar-refractivity contribution in [3.8, 4) is 28.3 Å². The summed E-state index contributed by atoms with van der Waals surface area (Å²) in [5.74, 6) is 0.805. The first-order valence-corrected chi connectivity index (χ1v) is 9.56. The van der Waals surface area contributed by atoms with Gasteiger partial charge in [-0.05, 0) is 48.0 Å². The molecule has 5 aromatic rings. The van der Waals surface area contributed by atoms with Gasteiger partial charge in [-0.3, -0.25) is 9.78 Å². The van der Waals surface area contributed by atoms with Gasteiger partial charge in [-0.15, -0.1) is 0 Å². The van der Waals surface area contributed by atoms with Crippen molar-refractivity contribution in [3.63, 3.8) is 0 Å². The molecule has 0 aliphatic rings. The van der Waals surface area contributed by atoms with Crippen LogP contribution >= 0.6 is 0 Å². The SMILES string of the molecule is O=c1[nH]cnc2[nH]c(-c3ccnc(-c4ccc(OCc5ccccc5)cc4)c3)cc12. The number of nitrogens with one attached hydrogen (secondary N) is 2. The summed E-state index contributed by atoms with van der Waals surface area (Å²) in [4.78, 5) is 26.4. The molecule has 2 aromatic carbocycles. The Hall–Kier alpha value is -4.19. The summed E-state index contributed by atoms with van der Waals surface area (Å²) >= 11 is 0. The molecule has 0 unspecified atom stereocenters. The summed E-state index contributed by atoms with van der Waals surface area (Å²) in [5.41, 5.74) is 5.10. The van der Waals surface area contributed by atoms with Gasteiger partial charge >= 0.3 is 0 Å². The van der Waals surface area contributed by atoms with Crippen molar-refractivity contribution in [1.29, 1.82) is 0 Å². The average molecular weight is 394 g/mol. The van der Waals surface area contributed by atoms with Crippen LogP contribution in [0.25, 0.3) is 33.5 Å². The number of benzene rings is 2. The van der Waals surface area contributed by atoms with Crippen molar-refractivity contribution in [3.05, 3.63) is 101 Å². The van der Waals surface area contributed by atoms with Crippen LogP contribution in [0.2, 0.25) is 0 Å². The third kappa shape index (κ3) is 3.58. The van der Waals surface area contributed by atoms with E-state index >= 15 is 0 Å². The largest absolute Gasteiger partial charge is 0.489 e. The molecule has 30 heavy (non-hydrogen) atoms. The van der Waals surface area contributed by atoms with Crippen molar-refractivity contribution >= 4 is 11.0 Å². The van der Waals surface area contributed by atoms with Gasteiger partial charge in [0.25, 0.3) is 5.56 Å². The average Bonchev–Trinajstić information content (AvgIpc) is 3.25. The number of aromatic amines is 2. The molecule has 0 spiro atoms. The third-order valence-corrected chi connectivity index (χ3v) is 4.90. The zero-order valence-corrected chi connectivity index (χ0v) is 16.0. The molecular formula is C24H18N4O2. The standard InChI is InChI=1S/C24H18N4O2/c29-24-20-13-22(28-23(20)26-15-27-24)18-10-11-25-21(12-18)17-6-8-19(9-7-17)30-14-16-4-2-1-3-5-16/h1-13,15H,14H2,(H2,26,27,28,29). The van der Waals surface area contributed by atoms with Crippen molar-refractivity contribution < 1.29 is 4.74 Å². The zero-order chi connectivity index (χ0) is 20.3. The number of fused-ring (bicyclic) bond motifs is 1. The fourth-order valence-electron chi connectivity index (χ4n) is 3.33. The molecule has 0 saturated heterocycles. The highest BCUT2D eigenvalue weighted by Crippen LogP contribution is 2.27. The van der Waals surface area contributed by atoms with Crippen LogP contribution in [0, 0.1) is 0 Å². The van der Waals surface area contributed by atoms with E-state index in [1.165, 1.54) is 6.33 Å². The van der Waals surface area contributed by atoms with Gasteiger partial charge in [-0.25, -0.2) is 4.98 Å². The molecule has 6 heteroatoms. The van der Waals surface area contributed by atoms with E-state index in [-0.39, 0.29) is 5.56 Å². The van der Waals surface area contributed by atoms with Crippen molar-refractivity contribution in [2.24, 2.45) is 0 Å². The predicted octanol–water partition coefficient (Wildman–Crippen LogP) is 4.56. The lowest BCUT2D eigenvalue weighted by Gasteiger charge is -2.08. The first-order chi connectivity index (χ1) is 14.8. The minimum atomic E-state index is -0.164. The normalized spacial score (nSPS) is 10.9. The highest BCUT2D eigenvalue weighted by molar-refractivity contribution is 5.82. The second kappa shape index (κ2) is 7.67. The fourth-order valence-corrected chi connectivity index (χ4v) is 3.33. The van der Waals surface area contributed by atoms with Gasteiger partial charge in [-0.2, -0.15) is 0 Å². The van der Waals surface area contributed by atoms with Crippen molar-refractivity contribution in [2.75, 3.05) is 0 Å². The number of hydrogen-bond donors (Lipinski definition) is 2. The quantitative estimate of drug-likeness (QED) is 0.458. The smallest absolute Gasteiger partial charge is 0.260 e. The highest BCUT2D eigenvalue weighted by Gasteiger charge is 2.09. The third-order valence-electron chi connectivity index (χ3n) is 4.90. The lowest BCUT2D eigenvalue weighted by molar-refractivity contribution is 0.306. The molecule has 0 fully saturated rings. The topological polar surface area (TPSA) is 83.7 Å². The van der Waals surface area contributed by atoms with Crippen molar-refractivity contribution in [1.82, 2.24) is 19.9 Å². The second-order valence-electron chi connectivity index (χ2n) is 6.91. The van der Waals surface area contributed by atoms with Gasteiger partial charge < -0.3 is 14.7 Å². The van der Waals surface area contributed by atoms with Crippen LogP contribution in [-0.4, -0.2) is 19.9 Å². The minimum absolute atomic E-state index is 0.164. The number of rotatable bonds is 5. The molecule has 0 aliphatic carbocycles. The molecule has 0 aliphatic heterocycles. The lowest BCUT2D eigenvalue weighted by atomic mass is 10.1. The van der Waals surface area contributed by atoms with E-state index in [0.29, 0.717) is 17.6 Å². The summed E-state index contributed by atoms with van der Waals surface area (Å²) in [6.07, 6.45) is 3.15. The van der Waals surface area contributed by atoms with E-state index in [0.717, 1.165) is 33.8 Å². The molecule has 3 heterocycles. The molecule has 0 bridgehead atoms. The predicted molar refractivity (Wildman–Crippen MR) is 116 cm³/mol. The Balaban J connectivity index is 1.38. The van der Waals surface area contributed by atoms with Crippen LogP contribution in [0.15, 0.2) is 90.1 Å². The Morgan fingerprint density at radius 3 is 2.50 bits per heavy atom. The molecule has 0 amide bonds.